The number of hydrogen-bond donors (Lipinski definition) is 0. The Labute approximate surface area is 199 Å². The van der Waals surface area contributed by atoms with Crippen LogP contribution in [0.15, 0.2) is 54.8 Å². The molecule has 2 aromatic rings. The topological polar surface area (TPSA) is 44.8 Å². The average Bonchev–Trinajstić information content (AvgIpc) is 2.79. The molecule has 0 fully saturated rings. The second kappa shape index (κ2) is 14.2. The molecule has 178 valence electrons. The van der Waals surface area contributed by atoms with Crippen LogP contribution in [0.2, 0.25) is 0 Å². The molecule has 4 heteroatoms. The molecular formula is C29H38O4. The zero-order valence-corrected chi connectivity index (χ0v) is 20.6. The fourth-order valence-electron chi connectivity index (χ4n) is 3.28. The van der Waals surface area contributed by atoms with Crippen molar-refractivity contribution in [3.05, 3.63) is 71.5 Å². The van der Waals surface area contributed by atoms with Crippen LogP contribution < -0.4 is 14.2 Å². The van der Waals surface area contributed by atoms with Gasteiger partial charge in [0.1, 0.15) is 17.2 Å². The lowest BCUT2D eigenvalue weighted by Crippen LogP contribution is -2.04. The number of carbonyl (C=O) groups is 1. The van der Waals surface area contributed by atoms with Gasteiger partial charge < -0.3 is 14.2 Å². The number of unbranched alkanes of at least 4 members (excludes halogenated alkanes) is 2. The Hall–Kier alpha value is -3.01. The highest BCUT2D eigenvalue weighted by Gasteiger charge is 2.12. The van der Waals surface area contributed by atoms with E-state index in [1.807, 2.05) is 12.1 Å². The Kier molecular flexibility index (Phi) is 11.3. The molecule has 33 heavy (non-hydrogen) atoms. The number of allylic oxidation sites excluding steroid dienone is 2. The molecule has 0 amide bonds. The molecule has 0 unspecified atom stereocenters. The van der Waals surface area contributed by atoms with Gasteiger partial charge in [0.05, 0.1) is 19.0 Å². The lowest BCUT2D eigenvalue weighted by molar-refractivity contribution is 0.104. The quantitative estimate of drug-likeness (QED) is 0.120. The Balaban J connectivity index is 2.28. The first-order valence-electron chi connectivity index (χ1n) is 12.1. The molecule has 0 bridgehead atoms. The summed E-state index contributed by atoms with van der Waals surface area (Å²) in [6.45, 7) is 13.3. The largest absolute Gasteiger partial charge is 0.493 e. The van der Waals surface area contributed by atoms with Crippen molar-refractivity contribution < 1.29 is 19.0 Å². The number of ether oxygens (including phenoxy) is 3. The number of carbonyl (C=O) groups excluding carboxylic acids is 1. The fourth-order valence-corrected chi connectivity index (χ4v) is 3.28. The Bertz CT molecular complexity index is 925. The second-order valence-electron chi connectivity index (χ2n) is 8.18. The molecule has 0 aliphatic rings. The molecule has 0 atom stereocenters. The van der Waals surface area contributed by atoms with E-state index < -0.39 is 0 Å². The summed E-state index contributed by atoms with van der Waals surface area (Å²) in [7, 11) is 0. The minimum absolute atomic E-state index is 0.0725. The van der Waals surface area contributed by atoms with Crippen molar-refractivity contribution in [2.24, 2.45) is 0 Å². The first kappa shape index (κ1) is 26.2. The molecule has 0 heterocycles. The molecule has 0 aliphatic carbocycles. The highest BCUT2D eigenvalue weighted by atomic mass is 16.5. The van der Waals surface area contributed by atoms with Crippen molar-refractivity contribution in [1.82, 2.24) is 0 Å². The first-order chi connectivity index (χ1) is 16.0. The van der Waals surface area contributed by atoms with Crippen molar-refractivity contribution in [2.75, 3.05) is 13.2 Å². The molecular weight excluding hydrogens is 412 g/mol. The van der Waals surface area contributed by atoms with E-state index in [1.54, 1.807) is 37.3 Å². The van der Waals surface area contributed by atoms with E-state index in [1.165, 1.54) is 0 Å². The third kappa shape index (κ3) is 8.80. The summed E-state index contributed by atoms with van der Waals surface area (Å²) in [5.74, 6) is 2.83. The van der Waals surface area contributed by atoms with Crippen LogP contribution in [0.5, 0.6) is 17.2 Å². The molecule has 0 aliphatic heterocycles. The van der Waals surface area contributed by atoms with Gasteiger partial charge in [-0.05, 0) is 74.2 Å². The van der Waals surface area contributed by atoms with Gasteiger partial charge in [-0.3, -0.25) is 4.79 Å². The van der Waals surface area contributed by atoms with Gasteiger partial charge in [-0.15, -0.1) is 0 Å². The average molecular weight is 451 g/mol. The standard InChI is InChI=1S/C29H38O4/c1-6-9-18-31-28-21-29(32-19-10-7-2)25(20-24(28)11-8-3)14-17-27(30)23-12-15-26(16-13-23)33-22(4)5/h12-17,20-21H,4,6-11,18-19H2,1-3,5H3. The molecule has 0 saturated carbocycles. The smallest absolute Gasteiger partial charge is 0.185 e. The van der Waals surface area contributed by atoms with E-state index in [2.05, 4.69) is 33.4 Å². The zero-order chi connectivity index (χ0) is 24.1. The summed E-state index contributed by atoms with van der Waals surface area (Å²) in [6.07, 6.45) is 9.51. The van der Waals surface area contributed by atoms with E-state index in [-0.39, 0.29) is 5.78 Å². The summed E-state index contributed by atoms with van der Waals surface area (Å²) in [6, 6.07) is 11.2. The van der Waals surface area contributed by atoms with E-state index in [4.69, 9.17) is 14.2 Å². The monoisotopic (exact) mass is 450 g/mol. The molecule has 0 radical (unpaired) electrons. The number of ketones is 1. The molecule has 0 spiro atoms. The number of hydrogen-bond acceptors (Lipinski definition) is 4. The van der Waals surface area contributed by atoms with Crippen molar-refractivity contribution in [3.8, 4) is 17.2 Å². The van der Waals surface area contributed by atoms with Crippen LogP contribution in [0.4, 0.5) is 0 Å². The minimum atomic E-state index is -0.0725. The summed E-state index contributed by atoms with van der Waals surface area (Å²) in [4.78, 5) is 12.8. The predicted octanol–water partition coefficient (Wildman–Crippen LogP) is 7.81. The fraction of sp³-hybridized carbons (Fsp3) is 0.414. The second-order valence-corrected chi connectivity index (χ2v) is 8.18. The highest BCUT2D eigenvalue weighted by Crippen LogP contribution is 2.32. The Morgan fingerprint density at radius 2 is 1.55 bits per heavy atom. The van der Waals surface area contributed by atoms with Crippen LogP contribution in [0.25, 0.3) is 6.08 Å². The van der Waals surface area contributed by atoms with Gasteiger partial charge in [0.2, 0.25) is 0 Å². The maximum Gasteiger partial charge on any atom is 0.185 e. The minimum Gasteiger partial charge on any atom is -0.493 e. The van der Waals surface area contributed by atoms with E-state index in [0.29, 0.717) is 30.3 Å². The van der Waals surface area contributed by atoms with Crippen LogP contribution in [0.3, 0.4) is 0 Å². The van der Waals surface area contributed by atoms with Gasteiger partial charge in [-0.25, -0.2) is 0 Å². The summed E-state index contributed by atoms with van der Waals surface area (Å²) in [5, 5.41) is 0. The molecule has 2 aromatic carbocycles. The van der Waals surface area contributed by atoms with Crippen LogP contribution >= 0.6 is 0 Å². The van der Waals surface area contributed by atoms with Crippen LogP contribution in [0, 0.1) is 0 Å². The number of aryl methyl sites for hydroxylation is 1. The maximum absolute atomic E-state index is 12.8. The predicted molar refractivity (Wildman–Crippen MR) is 136 cm³/mol. The van der Waals surface area contributed by atoms with Crippen LogP contribution in [0.1, 0.15) is 81.3 Å². The summed E-state index contributed by atoms with van der Waals surface area (Å²) in [5.41, 5.74) is 2.64. The lowest BCUT2D eigenvalue weighted by Gasteiger charge is -2.16. The van der Waals surface area contributed by atoms with Crippen molar-refractivity contribution in [2.45, 2.75) is 66.2 Å². The highest BCUT2D eigenvalue weighted by molar-refractivity contribution is 6.07. The maximum atomic E-state index is 12.8. The summed E-state index contributed by atoms with van der Waals surface area (Å²) < 4.78 is 17.6. The van der Waals surface area contributed by atoms with Gasteiger partial charge in [-0.2, -0.15) is 0 Å². The Morgan fingerprint density at radius 3 is 2.12 bits per heavy atom. The van der Waals surface area contributed by atoms with Crippen molar-refractivity contribution in [3.63, 3.8) is 0 Å². The van der Waals surface area contributed by atoms with Crippen LogP contribution in [-0.4, -0.2) is 19.0 Å². The van der Waals surface area contributed by atoms with Gasteiger partial charge in [0, 0.05) is 17.2 Å². The van der Waals surface area contributed by atoms with Gasteiger partial charge in [-0.1, -0.05) is 46.6 Å². The molecule has 0 N–H and O–H groups in total. The molecule has 0 saturated heterocycles. The van der Waals surface area contributed by atoms with Crippen LogP contribution in [-0.2, 0) is 6.42 Å². The molecule has 2 rings (SSSR count). The Morgan fingerprint density at radius 1 is 0.909 bits per heavy atom. The normalized spacial score (nSPS) is 10.9. The van der Waals surface area contributed by atoms with Gasteiger partial charge in [0.15, 0.2) is 5.78 Å². The first-order valence-corrected chi connectivity index (χ1v) is 12.1. The van der Waals surface area contributed by atoms with Crippen molar-refractivity contribution >= 4 is 11.9 Å². The van der Waals surface area contributed by atoms with E-state index in [0.717, 1.165) is 61.2 Å². The number of benzene rings is 2. The third-order valence-corrected chi connectivity index (χ3v) is 5.07. The molecule has 4 nitrogen and oxygen atoms in total. The van der Waals surface area contributed by atoms with Gasteiger partial charge in [0.25, 0.3) is 0 Å². The summed E-state index contributed by atoms with van der Waals surface area (Å²) >= 11 is 0. The third-order valence-electron chi connectivity index (χ3n) is 5.07. The van der Waals surface area contributed by atoms with E-state index in [9.17, 15) is 4.79 Å². The van der Waals surface area contributed by atoms with Crippen molar-refractivity contribution in [1.29, 1.82) is 0 Å². The zero-order valence-electron chi connectivity index (χ0n) is 20.6. The van der Waals surface area contributed by atoms with E-state index >= 15 is 0 Å². The number of rotatable bonds is 15. The molecule has 0 aromatic heterocycles. The SMILES string of the molecule is C=C(C)Oc1ccc(C(=O)C=Cc2cc(CCC)c(OCCCC)cc2OCCCC)cc1. The van der Waals surface area contributed by atoms with Gasteiger partial charge >= 0.3 is 0 Å². The lowest BCUT2D eigenvalue weighted by atomic mass is 10.0.